The Morgan fingerprint density at radius 3 is 2.45 bits per heavy atom. The van der Waals surface area contributed by atoms with Crippen molar-refractivity contribution in [1.29, 1.82) is 0 Å². The van der Waals surface area contributed by atoms with Crippen molar-refractivity contribution >= 4 is 0 Å². The van der Waals surface area contributed by atoms with Crippen LogP contribution in [0.5, 0.6) is 5.75 Å². The first-order valence-corrected chi connectivity index (χ1v) is 12.0. The topological polar surface area (TPSA) is 94.4 Å². The second kappa shape index (κ2) is 10.5. The molecule has 1 aromatic heterocycles. The highest BCUT2D eigenvalue weighted by Gasteiger charge is 2.34. The third-order valence-corrected chi connectivity index (χ3v) is 6.89. The number of nitrogens with two attached hydrogens (primary N) is 1. The number of nitrogens with zero attached hydrogens (tertiary/aromatic N) is 2. The summed E-state index contributed by atoms with van der Waals surface area (Å²) in [5.41, 5.74) is 9.94. The number of hydrogen-bond acceptors (Lipinski definition) is 6. The zero-order valence-electron chi connectivity index (χ0n) is 19.7. The SMILES string of the molecule is Cc1cc(-c2noc(CCC3(c4ccccc4)CCCCC3)n2)cc(C)c1OC[C@@H](O)CN. The van der Waals surface area contributed by atoms with Crippen molar-refractivity contribution in [2.45, 2.75) is 70.3 Å². The Hall–Kier alpha value is -2.70. The first-order chi connectivity index (χ1) is 16.0. The van der Waals surface area contributed by atoms with Crippen LogP contribution >= 0.6 is 0 Å². The molecule has 6 heteroatoms. The lowest BCUT2D eigenvalue weighted by atomic mass is 9.67. The van der Waals surface area contributed by atoms with Gasteiger partial charge in [-0.2, -0.15) is 4.98 Å². The number of ether oxygens (including phenoxy) is 1. The minimum absolute atomic E-state index is 0.174. The number of aryl methyl sites for hydroxylation is 3. The molecule has 0 amide bonds. The van der Waals surface area contributed by atoms with E-state index in [0.717, 1.165) is 35.3 Å². The molecule has 3 N–H and O–H groups in total. The largest absolute Gasteiger partial charge is 0.490 e. The first-order valence-electron chi connectivity index (χ1n) is 12.0. The van der Waals surface area contributed by atoms with Crippen LogP contribution in [0.4, 0.5) is 0 Å². The molecule has 3 aromatic rings. The molecule has 0 radical (unpaired) electrons. The number of aliphatic hydroxyl groups excluding tert-OH is 1. The van der Waals surface area contributed by atoms with Gasteiger partial charge in [0.1, 0.15) is 18.5 Å². The van der Waals surface area contributed by atoms with E-state index in [-0.39, 0.29) is 18.6 Å². The molecule has 1 heterocycles. The van der Waals surface area contributed by atoms with Crippen molar-refractivity contribution in [3.63, 3.8) is 0 Å². The van der Waals surface area contributed by atoms with E-state index in [4.69, 9.17) is 20.0 Å². The molecule has 1 aliphatic carbocycles. The molecule has 176 valence electrons. The molecule has 33 heavy (non-hydrogen) atoms. The number of benzene rings is 2. The molecule has 2 aromatic carbocycles. The number of aromatic nitrogens is 2. The Kier molecular flexibility index (Phi) is 7.46. The molecule has 0 saturated heterocycles. The van der Waals surface area contributed by atoms with Gasteiger partial charge in [-0.1, -0.05) is 54.8 Å². The zero-order valence-corrected chi connectivity index (χ0v) is 19.7. The van der Waals surface area contributed by atoms with E-state index in [1.807, 2.05) is 26.0 Å². The van der Waals surface area contributed by atoms with Crippen LogP contribution in [0.3, 0.4) is 0 Å². The Balaban J connectivity index is 1.48. The summed E-state index contributed by atoms with van der Waals surface area (Å²) in [5, 5.41) is 14.0. The number of hydrogen-bond donors (Lipinski definition) is 2. The highest BCUT2D eigenvalue weighted by Crippen LogP contribution is 2.43. The summed E-state index contributed by atoms with van der Waals surface area (Å²) in [6.45, 7) is 4.31. The average molecular weight is 450 g/mol. The molecule has 4 rings (SSSR count). The van der Waals surface area contributed by atoms with E-state index in [0.29, 0.717) is 11.7 Å². The van der Waals surface area contributed by atoms with E-state index in [2.05, 4.69) is 35.5 Å². The predicted octanol–water partition coefficient (Wildman–Crippen LogP) is 4.89. The van der Waals surface area contributed by atoms with Gasteiger partial charge in [0, 0.05) is 18.5 Å². The van der Waals surface area contributed by atoms with Crippen LogP contribution in [0.1, 0.15) is 61.1 Å². The van der Waals surface area contributed by atoms with Gasteiger partial charge in [0.25, 0.3) is 0 Å². The quantitative estimate of drug-likeness (QED) is 0.483. The molecule has 0 spiro atoms. The van der Waals surface area contributed by atoms with Gasteiger partial charge in [0.05, 0.1) is 0 Å². The highest BCUT2D eigenvalue weighted by molar-refractivity contribution is 5.61. The van der Waals surface area contributed by atoms with Crippen molar-refractivity contribution in [1.82, 2.24) is 10.1 Å². The number of rotatable bonds is 9. The minimum atomic E-state index is -0.674. The van der Waals surface area contributed by atoms with E-state index in [1.165, 1.54) is 37.7 Å². The standard InChI is InChI=1S/C27H35N3O3/c1-19-15-21(16-20(2)25(19)32-18-23(31)17-28)26-29-24(33-30-26)11-14-27(12-7-4-8-13-27)22-9-5-3-6-10-22/h3,5-6,9-10,15-16,23,31H,4,7-8,11-14,17-18,28H2,1-2H3/t23-/m0/s1. The summed E-state index contributed by atoms with van der Waals surface area (Å²) in [6, 6.07) is 14.9. The van der Waals surface area contributed by atoms with Gasteiger partial charge in [0.15, 0.2) is 0 Å². The lowest BCUT2D eigenvalue weighted by Crippen LogP contribution is -2.29. The van der Waals surface area contributed by atoms with Crippen molar-refractivity contribution < 1.29 is 14.4 Å². The summed E-state index contributed by atoms with van der Waals surface area (Å²) in [5.74, 6) is 2.05. The Morgan fingerprint density at radius 1 is 1.09 bits per heavy atom. The van der Waals surface area contributed by atoms with Crippen LogP contribution < -0.4 is 10.5 Å². The van der Waals surface area contributed by atoms with Crippen LogP contribution in [-0.2, 0) is 11.8 Å². The summed E-state index contributed by atoms with van der Waals surface area (Å²) in [6.07, 6.45) is 7.44. The van der Waals surface area contributed by atoms with Crippen LogP contribution in [0, 0.1) is 13.8 Å². The predicted molar refractivity (Wildman–Crippen MR) is 129 cm³/mol. The van der Waals surface area contributed by atoms with Gasteiger partial charge in [-0.15, -0.1) is 0 Å². The van der Waals surface area contributed by atoms with E-state index in [9.17, 15) is 5.11 Å². The summed E-state index contributed by atoms with van der Waals surface area (Å²) in [4.78, 5) is 4.71. The molecule has 1 fully saturated rings. The second-order valence-electron chi connectivity index (χ2n) is 9.36. The second-order valence-corrected chi connectivity index (χ2v) is 9.36. The van der Waals surface area contributed by atoms with Crippen LogP contribution in [0.15, 0.2) is 47.0 Å². The maximum Gasteiger partial charge on any atom is 0.226 e. The van der Waals surface area contributed by atoms with Crippen molar-refractivity contribution in [2.75, 3.05) is 13.2 Å². The smallest absolute Gasteiger partial charge is 0.226 e. The van der Waals surface area contributed by atoms with Gasteiger partial charge >= 0.3 is 0 Å². The molecule has 1 atom stereocenters. The fourth-order valence-electron chi connectivity index (χ4n) is 5.08. The molecular formula is C27H35N3O3. The Bertz CT molecular complexity index is 1020. The van der Waals surface area contributed by atoms with Crippen molar-refractivity contribution in [3.05, 3.63) is 65.0 Å². The van der Waals surface area contributed by atoms with Crippen LogP contribution in [-0.4, -0.2) is 34.5 Å². The van der Waals surface area contributed by atoms with E-state index in [1.54, 1.807) is 0 Å². The lowest BCUT2D eigenvalue weighted by Gasteiger charge is -2.38. The van der Waals surface area contributed by atoms with Gasteiger partial charge in [-0.05, 0) is 67.3 Å². The first kappa shape index (κ1) is 23.5. The van der Waals surface area contributed by atoms with E-state index < -0.39 is 6.10 Å². The fraction of sp³-hybridized carbons (Fsp3) is 0.481. The zero-order chi connectivity index (χ0) is 23.3. The lowest BCUT2D eigenvalue weighted by molar-refractivity contribution is 0.113. The van der Waals surface area contributed by atoms with E-state index >= 15 is 0 Å². The summed E-state index contributed by atoms with van der Waals surface area (Å²) < 4.78 is 11.4. The molecule has 0 aliphatic heterocycles. The summed E-state index contributed by atoms with van der Waals surface area (Å²) >= 11 is 0. The maximum absolute atomic E-state index is 9.69. The third kappa shape index (κ3) is 5.45. The van der Waals surface area contributed by atoms with Gasteiger partial charge in [-0.3, -0.25) is 0 Å². The third-order valence-electron chi connectivity index (χ3n) is 6.89. The number of aliphatic hydroxyl groups is 1. The molecular weight excluding hydrogens is 414 g/mol. The Morgan fingerprint density at radius 2 is 1.79 bits per heavy atom. The molecule has 1 aliphatic rings. The molecule has 6 nitrogen and oxygen atoms in total. The monoisotopic (exact) mass is 449 g/mol. The van der Waals surface area contributed by atoms with Gasteiger partial charge in [-0.25, -0.2) is 0 Å². The minimum Gasteiger partial charge on any atom is -0.490 e. The van der Waals surface area contributed by atoms with Crippen LogP contribution in [0.25, 0.3) is 11.4 Å². The van der Waals surface area contributed by atoms with Gasteiger partial charge in [0.2, 0.25) is 11.7 Å². The fourth-order valence-corrected chi connectivity index (χ4v) is 5.08. The normalized spacial score (nSPS) is 16.5. The summed E-state index contributed by atoms with van der Waals surface area (Å²) in [7, 11) is 0. The molecule has 0 bridgehead atoms. The highest BCUT2D eigenvalue weighted by atomic mass is 16.5. The van der Waals surface area contributed by atoms with Crippen LogP contribution in [0.2, 0.25) is 0 Å². The molecule has 1 saturated carbocycles. The Labute approximate surface area is 196 Å². The van der Waals surface area contributed by atoms with Crippen molar-refractivity contribution in [3.8, 4) is 17.1 Å². The average Bonchev–Trinajstić information content (AvgIpc) is 3.32. The molecule has 0 unspecified atom stereocenters. The van der Waals surface area contributed by atoms with Gasteiger partial charge < -0.3 is 20.1 Å². The van der Waals surface area contributed by atoms with Crippen molar-refractivity contribution in [2.24, 2.45) is 5.73 Å². The maximum atomic E-state index is 9.69.